The predicted molar refractivity (Wildman–Crippen MR) is 70.2 cm³/mol. The van der Waals surface area contributed by atoms with E-state index in [0.717, 1.165) is 26.1 Å². The molecular formula is C13H24N4O. The molecule has 3 aliphatic rings. The fourth-order valence-electron chi connectivity index (χ4n) is 3.32. The van der Waals surface area contributed by atoms with Crippen molar-refractivity contribution < 1.29 is 4.79 Å². The smallest absolute Gasteiger partial charge is 0.239 e. The molecule has 3 fully saturated rings. The van der Waals surface area contributed by atoms with Crippen LogP contribution in [0.15, 0.2) is 0 Å². The van der Waals surface area contributed by atoms with Crippen LogP contribution in [0.5, 0.6) is 0 Å². The lowest BCUT2D eigenvalue weighted by Gasteiger charge is -2.47. The molecule has 0 aromatic carbocycles. The van der Waals surface area contributed by atoms with Gasteiger partial charge in [-0.2, -0.15) is 0 Å². The van der Waals surface area contributed by atoms with Crippen molar-refractivity contribution in [2.45, 2.75) is 43.8 Å². The summed E-state index contributed by atoms with van der Waals surface area (Å²) in [5.41, 5.74) is 5.83. The van der Waals surface area contributed by atoms with E-state index in [0.29, 0.717) is 6.04 Å². The Balaban J connectivity index is 1.45. The van der Waals surface area contributed by atoms with Gasteiger partial charge in [-0.3, -0.25) is 9.69 Å². The van der Waals surface area contributed by atoms with Crippen LogP contribution in [0.2, 0.25) is 0 Å². The second kappa shape index (κ2) is 5.15. The zero-order chi connectivity index (χ0) is 12.5. The van der Waals surface area contributed by atoms with Gasteiger partial charge in [-0.25, -0.2) is 0 Å². The minimum absolute atomic E-state index is 0.0256. The van der Waals surface area contributed by atoms with Crippen molar-refractivity contribution in [3.63, 3.8) is 0 Å². The number of piperidine rings is 1. The van der Waals surface area contributed by atoms with Crippen molar-refractivity contribution in [1.82, 2.24) is 15.1 Å². The molecule has 0 aromatic heterocycles. The number of rotatable bonds is 2. The first-order valence-corrected chi connectivity index (χ1v) is 7.26. The van der Waals surface area contributed by atoms with E-state index in [1.807, 2.05) is 4.90 Å². The van der Waals surface area contributed by atoms with Gasteiger partial charge in [0, 0.05) is 31.7 Å². The highest BCUT2D eigenvalue weighted by molar-refractivity contribution is 5.83. The van der Waals surface area contributed by atoms with Gasteiger partial charge >= 0.3 is 0 Å². The molecule has 2 atom stereocenters. The molecule has 0 aromatic rings. The van der Waals surface area contributed by atoms with Gasteiger partial charge in [0.1, 0.15) is 0 Å². The van der Waals surface area contributed by atoms with Gasteiger partial charge < -0.3 is 16.0 Å². The molecular weight excluding hydrogens is 228 g/mol. The van der Waals surface area contributed by atoms with Crippen LogP contribution in [-0.4, -0.2) is 66.6 Å². The molecule has 1 amide bonds. The first-order valence-electron chi connectivity index (χ1n) is 7.26. The van der Waals surface area contributed by atoms with E-state index in [-0.39, 0.29) is 18.0 Å². The van der Waals surface area contributed by atoms with E-state index in [2.05, 4.69) is 10.2 Å². The fourth-order valence-corrected chi connectivity index (χ4v) is 3.32. The lowest BCUT2D eigenvalue weighted by molar-refractivity contribution is -0.140. The van der Waals surface area contributed by atoms with Gasteiger partial charge in [-0.15, -0.1) is 0 Å². The maximum atomic E-state index is 12.2. The predicted octanol–water partition coefficient (Wildman–Crippen LogP) is -0.628. The number of carbonyl (C=O) groups is 1. The molecule has 0 radical (unpaired) electrons. The Kier molecular flexibility index (Phi) is 3.54. The lowest BCUT2D eigenvalue weighted by Crippen LogP contribution is -2.64. The summed E-state index contributed by atoms with van der Waals surface area (Å²) < 4.78 is 0. The zero-order valence-electron chi connectivity index (χ0n) is 11.0. The largest absolute Gasteiger partial charge is 0.338 e. The number of amides is 1. The first-order chi connectivity index (χ1) is 8.74. The summed E-state index contributed by atoms with van der Waals surface area (Å²) >= 11 is 0. The number of nitrogens with two attached hydrogens (primary N) is 1. The van der Waals surface area contributed by atoms with Crippen LogP contribution < -0.4 is 11.1 Å². The van der Waals surface area contributed by atoms with Crippen LogP contribution in [0.1, 0.15) is 25.7 Å². The maximum Gasteiger partial charge on any atom is 0.239 e. The molecule has 102 valence electrons. The number of hydrogen-bond acceptors (Lipinski definition) is 4. The van der Waals surface area contributed by atoms with Crippen LogP contribution in [-0.2, 0) is 4.79 Å². The van der Waals surface area contributed by atoms with Gasteiger partial charge in [0.25, 0.3) is 0 Å². The number of hydrogen-bond donors (Lipinski definition) is 2. The quantitative estimate of drug-likeness (QED) is 0.687. The highest BCUT2D eigenvalue weighted by Crippen LogP contribution is 2.21. The average Bonchev–Trinajstić information content (AvgIpc) is 2.75. The molecule has 3 rings (SSSR count). The van der Waals surface area contributed by atoms with E-state index in [1.165, 1.54) is 32.4 Å². The third-order valence-electron chi connectivity index (χ3n) is 4.54. The molecule has 0 saturated carbocycles. The molecule has 3 N–H and O–H groups in total. The Bertz CT molecular complexity index is 310. The van der Waals surface area contributed by atoms with Crippen molar-refractivity contribution in [2.75, 3.05) is 32.7 Å². The highest BCUT2D eigenvalue weighted by Gasteiger charge is 2.39. The highest BCUT2D eigenvalue weighted by atomic mass is 16.2. The van der Waals surface area contributed by atoms with E-state index >= 15 is 0 Å². The number of likely N-dealkylation sites (tertiary alicyclic amines) is 2. The summed E-state index contributed by atoms with van der Waals surface area (Å²) in [7, 11) is 0. The minimum atomic E-state index is -0.0256. The van der Waals surface area contributed by atoms with Crippen molar-refractivity contribution in [3.05, 3.63) is 0 Å². The Labute approximate surface area is 109 Å². The van der Waals surface area contributed by atoms with Crippen LogP contribution in [0.25, 0.3) is 0 Å². The normalized spacial score (nSPS) is 34.6. The SMILES string of the molecule is N[C@H]1CN[C@H](C(=O)N2CC(N3CCCCC3)C2)C1. The molecule has 0 unspecified atom stereocenters. The van der Waals surface area contributed by atoms with E-state index < -0.39 is 0 Å². The molecule has 3 aliphatic heterocycles. The van der Waals surface area contributed by atoms with Gasteiger partial charge in [0.15, 0.2) is 0 Å². The summed E-state index contributed by atoms with van der Waals surface area (Å²) in [6.07, 6.45) is 4.81. The Morgan fingerprint density at radius 3 is 2.50 bits per heavy atom. The molecule has 5 nitrogen and oxygen atoms in total. The zero-order valence-corrected chi connectivity index (χ0v) is 11.0. The minimum Gasteiger partial charge on any atom is -0.338 e. The van der Waals surface area contributed by atoms with Gasteiger partial charge in [-0.05, 0) is 32.4 Å². The van der Waals surface area contributed by atoms with Crippen molar-refractivity contribution in [2.24, 2.45) is 5.73 Å². The summed E-state index contributed by atoms with van der Waals surface area (Å²) in [4.78, 5) is 16.7. The summed E-state index contributed by atoms with van der Waals surface area (Å²) in [6, 6.07) is 0.741. The summed E-state index contributed by atoms with van der Waals surface area (Å²) in [5.74, 6) is 0.260. The Hall–Kier alpha value is -0.650. The molecule has 3 saturated heterocycles. The van der Waals surface area contributed by atoms with Gasteiger partial charge in [-0.1, -0.05) is 6.42 Å². The molecule has 0 aliphatic carbocycles. The Morgan fingerprint density at radius 1 is 1.17 bits per heavy atom. The second-order valence-electron chi connectivity index (χ2n) is 5.95. The number of nitrogens with one attached hydrogen (secondary N) is 1. The summed E-state index contributed by atoms with van der Waals surface area (Å²) in [5, 5.41) is 3.22. The van der Waals surface area contributed by atoms with Gasteiger partial charge in [0.05, 0.1) is 6.04 Å². The van der Waals surface area contributed by atoms with E-state index in [4.69, 9.17) is 5.73 Å². The standard InChI is InChI=1S/C13H24N4O/c14-10-6-12(15-7-10)13(18)17-8-11(9-17)16-4-2-1-3-5-16/h10-12,15H,1-9,14H2/t10-,12+/m1/s1. The van der Waals surface area contributed by atoms with Crippen LogP contribution in [0.3, 0.4) is 0 Å². The number of nitrogens with zero attached hydrogens (tertiary/aromatic N) is 2. The molecule has 0 bridgehead atoms. The monoisotopic (exact) mass is 252 g/mol. The van der Waals surface area contributed by atoms with Crippen molar-refractivity contribution in [1.29, 1.82) is 0 Å². The van der Waals surface area contributed by atoms with Crippen molar-refractivity contribution >= 4 is 5.91 Å². The molecule has 18 heavy (non-hydrogen) atoms. The van der Waals surface area contributed by atoms with Crippen LogP contribution >= 0.6 is 0 Å². The molecule has 5 heteroatoms. The molecule has 0 spiro atoms. The van der Waals surface area contributed by atoms with Gasteiger partial charge in [0.2, 0.25) is 5.91 Å². The topological polar surface area (TPSA) is 61.6 Å². The Morgan fingerprint density at radius 2 is 1.89 bits per heavy atom. The number of carbonyl (C=O) groups excluding carboxylic acids is 1. The first kappa shape index (κ1) is 12.4. The molecule has 3 heterocycles. The third-order valence-corrected chi connectivity index (χ3v) is 4.54. The van der Waals surface area contributed by atoms with E-state index in [1.54, 1.807) is 0 Å². The maximum absolute atomic E-state index is 12.2. The van der Waals surface area contributed by atoms with Crippen molar-refractivity contribution in [3.8, 4) is 0 Å². The summed E-state index contributed by atoms with van der Waals surface area (Å²) in [6.45, 7) is 5.07. The fraction of sp³-hybridized carbons (Fsp3) is 0.923. The average molecular weight is 252 g/mol. The third kappa shape index (κ3) is 2.39. The van der Waals surface area contributed by atoms with Crippen LogP contribution in [0.4, 0.5) is 0 Å². The van der Waals surface area contributed by atoms with E-state index in [9.17, 15) is 4.79 Å². The van der Waals surface area contributed by atoms with Crippen LogP contribution in [0, 0.1) is 0 Å². The second-order valence-corrected chi connectivity index (χ2v) is 5.95. The lowest BCUT2D eigenvalue weighted by atomic mass is 10.0.